The molecule has 32 heavy (non-hydrogen) atoms. The molecular weight excluding hydrogens is 400 g/mol. The number of para-hydroxylation sites is 1. The lowest BCUT2D eigenvalue weighted by Gasteiger charge is -2.42. The molecule has 0 atom stereocenters. The van der Waals surface area contributed by atoms with Crippen LogP contribution in [0.5, 0.6) is 0 Å². The van der Waals surface area contributed by atoms with Gasteiger partial charge in [-0.05, 0) is 24.2 Å². The lowest BCUT2D eigenvalue weighted by molar-refractivity contribution is -0.276. The Morgan fingerprint density at radius 2 is 1.47 bits per heavy atom. The van der Waals surface area contributed by atoms with Crippen LogP contribution in [-0.4, -0.2) is 37.7 Å². The first kappa shape index (κ1) is 20.9. The SMILES string of the molecule is CN(Cc1ccccc1)CN1C(=O)C2(OCC(C)(c3ccccc3)CO2)c2ccccc21. The summed E-state index contributed by atoms with van der Waals surface area (Å²) < 4.78 is 12.7. The first-order chi connectivity index (χ1) is 15.5. The van der Waals surface area contributed by atoms with Crippen molar-refractivity contribution in [3.8, 4) is 0 Å². The van der Waals surface area contributed by atoms with E-state index in [1.807, 2.05) is 67.7 Å². The topological polar surface area (TPSA) is 42.0 Å². The minimum atomic E-state index is -1.38. The molecule has 2 aliphatic heterocycles. The van der Waals surface area contributed by atoms with E-state index in [0.29, 0.717) is 19.9 Å². The van der Waals surface area contributed by atoms with Crippen molar-refractivity contribution in [2.45, 2.75) is 24.7 Å². The Morgan fingerprint density at radius 3 is 2.16 bits per heavy atom. The molecule has 0 N–H and O–H groups in total. The van der Waals surface area contributed by atoms with Crippen LogP contribution in [0.15, 0.2) is 84.9 Å². The third-order valence-electron chi connectivity index (χ3n) is 6.41. The van der Waals surface area contributed by atoms with Crippen LogP contribution in [0.2, 0.25) is 0 Å². The fourth-order valence-corrected chi connectivity index (χ4v) is 4.61. The monoisotopic (exact) mass is 428 g/mol. The molecule has 1 saturated heterocycles. The summed E-state index contributed by atoms with van der Waals surface area (Å²) in [7, 11) is 2.02. The smallest absolute Gasteiger partial charge is 0.293 e. The molecule has 1 spiro atoms. The van der Waals surface area contributed by atoms with Crippen LogP contribution in [-0.2, 0) is 32.0 Å². The van der Waals surface area contributed by atoms with Crippen molar-refractivity contribution in [2.75, 3.05) is 31.8 Å². The van der Waals surface area contributed by atoms with Gasteiger partial charge < -0.3 is 9.47 Å². The molecule has 0 saturated carbocycles. The number of benzene rings is 3. The zero-order valence-corrected chi connectivity index (χ0v) is 18.5. The van der Waals surface area contributed by atoms with Gasteiger partial charge in [-0.1, -0.05) is 85.8 Å². The van der Waals surface area contributed by atoms with Gasteiger partial charge >= 0.3 is 0 Å². The molecule has 5 nitrogen and oxygen atoms in total. The summed E-state index contributed by atoms with van der Waals surface area (Å²) in [6.07, 6.45) is 0. The van der Waals surface area contributed by atoms with Gasteiger partial charge in [-0.2, -0.15) is 0 Å². The summed E-state index contributed by atoms with van der Waals surface area (Å²) in [5.41, 5.74) is 3.68. The third-order valence-corrected chi connectivity index (χ3v) is 6.41. The standard InChI is InChI=1S/C27H28N2O3/c1-26(22-13-7-4-8-14-22)18-31-27(32-19-26)23-15-9-10-16-24(23)29(25(27)30)20-28(2)17-21-11-5-3-6-12-21/h3-16H,17-20H2,1-2H3. The highest BCUT2D eigenvalue weighted by Crippen LogP contribution is 2.47. The molecule has 5 rings (SSSR count). The molecule has 0 aromatic heterocycles. The average Bonchev–Trinajstić information content (AvgIpc) is 3.05. The van der Waals surface area contributed by atoms with Gasteiger partial charge in [-0.15, -0.1) is 0 Å². The first-order valence-corrected chi connectivity index (χ1v) is 11.0. The van der Waals surface area contributed by atoms with E-state index in [2.05, 4.69) is 36.1 Å². The highest BCUT2D eigenvalue weighted by atomic mass is 16.7. The fourth-order valence-electron chi connectivity index (χ4n) is 4.61. The maximum absolute atomic E-state index is 13.7. The number of amides is 1. The van der Waals surface area contributed by atoms with E-state index < -0.39 is 5.79 Å². The van der Waals surface area contributed by atoms with E-state index in [9.17, 15) is 4.79 Å². The Labute approximate surface area is 189 Å². The summed E-state index contributed by atoms with van der Waals surface area (Å²) in [5.74, 6) is -1.54. The lowest BCUT2D eigenvalue weighted by Crippen LogP contribution is -2.54. The Bertz CT molecular complexity index is 1090. The number of ether oxygens (including phenoxy) is 2. The third kappa shape index (κ3) is 3.52. The molecule has 1 amide bonds. The minimum absolute atomic E-state index is 0.159. The molecule has 0 aliphatic carbocycles. The van der Waals surface area contributed by atoms with Crippen molar-refractivity contribution in [1.29, 1.82) is 0 Å². The number of rotatable bonds is 5. The Hall–Kier alpha value is -2.99. The van der Waals surface area contributed by atoms with Crippen LogP contribution in [0.25, 0.3) is 0 Å². The van der Waals surface area contributed by atoms with Crippen molar-refractivity contribution in [3.05, 3.63) is 102 Å². The number of anilines is 1. The molecule has 5 heteroatoms. The molecule has 0 unspecified atom stereocenters. The van der Waals surface area contributed by atoms with Crippen molar-refractivity contribution < 1.29 is 14.3 Å². The summed E-state index contributed by atoms with van der Waals surface area (Å²) in [6, 6.07) is 28.2. The Balaban J connectivity index is 1.39. The van der Waals surface area contributed by atoms with Crippen molar-refractivity contribution in [1.82, 2.24) is 4.90 Å². The summed E-state index contributed by atoms with van der Waals surface area (Å²) in [4.78, 5) is 17.6. The van der Waals surface area contributed by atoms with Gasteiger partial charge in [-0.3, -0.25) is 14.6 Å². The normalized spacial score (nSPS) is 24.8. The van der Waals surface area contributed by atoms with E-state index in [4.69, 9.17) is 9.47 Å². The summed E-state index contributed by atoms with van der Waals surface area (Å²) in [5, 5.41) is 0. The largest absolute Gasteiger partial charge is 0.337 e. The Morgan fingerprint density at radius 1 is 0.875 bits per heavy atom. The van der Waals surface area contributed by atoms with Gasteiger partial charge in [0.2, 0.25) is 0 Å². The number of carbonyl (C=O) groups excluding carboxylic acids is 1. The average molecular weight is 429 g/mol. The van der Waals surface area contributed by atoms with Crippen molar-refractivity contribution in [3.63, 3.8) is 0 Å². The van der Waals surface area contributed by atoms with Crippen LogP contribution >= 0.6 is 0 Å². The van der Waals surface area contributed by atoms with E-state index in [1.54, 1.807) is 4.90 Å². The predicted molar refractivity (Wildman–Crippen MR) is 124 cm³/mol. The predicted octanol–water partition coefficient (Wildman–Crippen LogP) is 4.28. The maximum Gasteiger partial charge on any atom is 0.293 e. The second-order valence-corrected chi connectivity index (χ2v) is 9.01. The molecule has 1 fully saturated rings. The summed E-state index contributed by atoms with van der Waals surface area (Å²) in [6.45, 7) is 4.13. The van der Waals surface area contributed by atoms with Gasteiger partial charge in [0.1, 0.15) is 0 Å². The molecule has 2 heterocycles. The van der Waals surface area contributed by atoms with E-state index in [-0.39, 0.29) is 11.3 Å². The van der Waals surface area contributed by atoms with Gasteiger partial charge in [0.05, 0.1) is 25.6 Å². The number of hydrogen-bond acceptors (Lipinski definition) is 4. The van der Waals surface area contributed by atoms with Crippen LogP contribution < -0.4 is 4.90 Å². The maximum atomic E-state index is 13.7. The van der Waals surface area contributed by atoms with Crippen LogP contribution in [0.4, 0.5) is 5.69 Å². The van der Waals surface area contributed by atoms with Crippen LogP contribution in [0.1, 0.15) is 23.6 Å². The van der Waals surface area contributed by atoms with Crippen LogP contribution in [0, 0.1) is 0 Å². The second kappa shape index (κ2) is 8.17. The van der Waals surface area contributed by atoms with Gasteiger partial charge in [0.15, 0.2) is 0 Å². The molecular formula is C27H28N2O3. The van der Waals surface area contributed by atoms with E-state index in [1.165, 1.54) is 5.56 Å². The zero-order valence-electron chi connectivity index (χ0n) is 18.5. The Kier molecular flexibility index (Phi) is 5.33. The highest BCUT2D eigenvalue weighted by molar-refractivity contribution is 6.06. The molecule has 164 valence electrons. The number of carbonyl (C=O) groups is 1. The zero-order chi connectivity index (χ0) is 22.2. The first-order valence-electron chi connectivity index (χ1n) is 11.0. The molecule has 3 aromatic carbocycles. The summed E-state index contributed by atoms with van der Waals surface area (Å²) >= 11 is 0. The molecule has 0 bridgehead atoms. The number of nitrogens with zero attached hydrogens (tertiary/aromatic N) is 2. The molecule has 0 radical (unpaired) electrons. The molecule has 3 aromatic rings. The van der Waals surface area contributed by atoms with Gasteiger partial charge in [-0.25, -0.2) is 0 Å². The van der Waals surface area contributed by atoms with Gasteiger partial charge in [0, 0.05) is 17.5 Å². The number of fused-ring (bicyclic) bond motifs is 2. The van der Waals surface area contributed by atoms with Crippen LogP contribution in [0.3, 0.4) is 0 Å². The van der Waals surface area contributed by atoms with E-state index >= 15 is 0 Å². The van der Waals surface area contributed by atoms with E-state index in [0.717, 1.165) is 23.4 Å². The fraction of sp³-hybridized carbons (Fsp3) is 0.296. The second-order valence-electron chi connectivity index (χ2n) is 9.01. The minimum Gasteiger partial charge on any atom is -0.337 e. The highest BCUT2D eigenvalue weighted by Gasteiger charge is 2.57. The van der Waals surface area contributed by atoms with Crippen molar-refractivity contribution in [2.24, 2.45) is 0 Å². The number of hydrogen-bond donors (Lipinski definition) is 0. The van der Waals surface area contributed by atoms with Gasteiger partial charge in [0.25, 0.3) is 11.7 Å². The molecule has 2 aliphatic rings. The van der Waals surface area contributed by atoms with Crippen molar-refractivity contribution >= 4 is 11.6 Å². The quantitative estimate of drug-likeness (QED) is 0.608. The lowest BCUT2D eigenvalue weighted by atomic mass is 9.83.